The molecule has 0 aromatic carbocycles. The SMILES string of the molecule is N=C(N)c1ncc(Cl)c(Cl)c1Cl. The maximum Gasteiger partial charge on any atom is 0.143 e. The summed E-state index contributed by atoms with van der Waals surface area (Å²) >= 11 is 17.0. The average molecular weight is 224 g/mol. The lowest BCUT2D eigenvalue weighted by molar-refractivity contribution is 1.26. The van der Waals surface area contributed by atoms with Crippen LogP contribution in [0.1, 0.15) is 5.69 Å². The molecule has 0 fully saturated rings. The van der Waals surface area contributed by atoms with E-state index in [1.807, 2.05) is 0 Å². The lowest BCUT2D eigenvalue weighted by atomic mass is 10.3. The molecule has 0 spiro atoms. The van der Waals surface area contributed by atoms with E-state index >= 15 is 0 Å². The Balaban J connectivity index is 3.36. The van der Waals surface area contributed by atoms with E-state index in [-0.39, 0.29) is 26.6 Å². The first kappa shape index (κ1) is 9.58. The van der Waals surface area contributed by atoms with Crippen molar-refractivity contribution in [3.05, 3.63) is 27.0 Å². The van der Waals surface area contributed by atoms with Gasteiger partial charge in [0.05, 0.1) is 15.1 Å². The molecule has 0 unspecified atom stereocenters. The third-order valence-corrected chi connectivity index (χ3v) is 2.41. The monoisotopic (exact) mass is 223 g/mol. The predicted octanol–water partition coefficient (Wildman–Crippen LogP) is 2.33. The number of nitrogen functional groups attached to an aromatic ring is 1. The number of halogens is 3. The minimum atomic E-state index is -0.237. The molecule has 3 nitrogen and oxygen atoms in total. The lowest BCUT2D eigenvalue weighted by Gasteiger charge is -2.03. The highest BCUT2D eigenvalue weighted by Gasteiger charge is 2.11. The molecule has 1 aromatic rings. The first-order chi connectivity index (χ1) is 5.54. The Morgan fingerprint density at radius 3 is 2.42 bits per heavy atom. The Bertz CT molecular complexity index is 337. The molecular formula is C6H4Cl3N3. The molecule has 12 heavy (non-hydrogen) atoms. The molecule has 0 saturated carbocycles. The normalized spacial score (nSPS) is 9.92. The number of nitrogens with two attached hydrogens (primary N) is 1. The molecule has 0 amide bonds. The molecule has 3 N–H and O–H groups in total. The quantitative estimate of drug-likeness (QED) is 0.568. The Labute approximate surface area is 84.0 Å². The lowest BCUT2D eigenvalue weighted by Crippen LogP contribution is -2.13. The minimum Gasteiger partial charge on any atom is -0.382 e. The number of hydrogen-bond donors (Lipinski definition) is 2. The highest BCUT2D eigenvalue weighted by Crippen LogP contribution is 2.30. The number of hydrogen-bond acceptors (Lipinski definition) is 2. The van der Waals surface area contributed by atoms with Crippen LogP contribution in [0, 0.1) is 5.41 Å². The van der Waals surface area contributed by atoms with Crippen LogP contribution in [0.3, 0.4) is 0 Å². The molecule has 1 rings (SSSR count). The van der Waals surface area contributed by atoms with Gasteiger partial charge in [0, 0.05) is 6.20 Å². The zero-order valence-corrected chi connectivity index (χ0v) is 8.00. The first-order valence-corrected chi connectivity index (χ1v) is 4.01. The van der Waals surface area contributed by atoms with Gasteiger partial charge >= 0.3 is 0 Å². The van der Waals surface area contributed by atoms with Gasteiger partial charge in [-0.15, -0.1) is 0 Å². The maximum atomic E-state index is 7.07. The zero-order valence-electron chi connectivity index (χ0n) is 5.74. The van der Waals surface area contributed by atoms with E-state index in [1.54, 1.807) is 0 Å². The van der Waals surface area contributed by atoms with Gasteiger partial charge in [0.25, 0.3) is 0 Å². The molecule has 0 aliphatic rings. The van der Waals surface area contributed by atoms with Crippen LogP contribution in [0.25, 0.3) is 0 Å². The summed E-state index contributed by atoms with van der Waals surface area (Å²) in [4.78, 5) is 3.74. The Morgan fingerprint density at radius 2 is 1.92 bits per heavy atom. The summed E-state index contributed by atoms with van der Waals surface area (Å²) in [7, 11) is 0. The second-order valence-electron chi connectivity index (χ2n) is 2.00. The van der Waals surface area contributed by atoms with Gasteiger partial charge in [-0.3, -0.25) is 5.41 Å². The number of aromatic nitrogens is 1. The topological polar surface area (TPSA) is 62.8 Å². The van der Waals surface area contributed by atoms with Gasteiger partial charge < -0.3 is 5.73 Å². The standard InChI is InChI=1S/C6H4Cl3N3/c7-2-1-12-5(6(10)11)4(9)3(2)8/h1H,(H3,10,11). The van der Waals surface area contributed by atoms with Crippen LogP contribution in [-0.4, -0.2) is 10.8 Å². The summed E-state index contributed by atoms with van der Waals surface area (Å²) in [6, 6.07) is 0. The number of rotatable bonds is 1. The summed E-state index contributed by atoms with van der Waals surface area (Å²) in [6.07, 6.45) is 1.30. The van der Waals surface area contributed by atoms with E-state index in [1.165, 1.54) is 6.20 Å². The summed E-state index contributed by atoms with van der Waals surface area (Å²) in [5.41, 5.74) is 5.31. The zero-order chi connectivity index (χ0) is 9.30. The molecule has 64 valence electrons. The van der Waals surface area contributed by atoms with Crippen molar-refractivity contribution in [1.29, 1.82) is 5.41 Å². The predicted molar refractivity (Wildman–Crippen MR) is 50.3 cm³/mol. The smallest absolute Gasteiger partial charge is 0.143 e. The van der Waals surface area contributed by atoms with Gasteiger partial charge in [-0.1, -0.05) is 34.8 Å². The van der Waals surface area contributed by atoms with Crippen molar-refractivity contribution in [3.8, 4) is 0 Å². The van der Waals surface area contributed by atoms with E-state index in [2.05, 4.69) is 4.98 Å². The molecule has 0 aliphatic heterocycles. The average Bonchev–Trinajstić information content (AvgIpc) is 2.00. The van der Waals surface area contributed by atoms with Gasteiger partial charge in [-0.25, -0.2) is 4.98 Å². The molecule has 0 atom stereocenters. The Kier molecular flexibility index (Phi) is 2.77. The third-order valence-electron chi connectivity index (χ3n) is 1.17. The molecule has 1 aromatic heterocycles. The number of amidine groups is 1. The van der Waals surface area contributed by atoms with Crippen LogP contribution >= 0.6 is 34.8 Å². The van der Waals surface area contributed by atoms with Gasteiger partial charge in [-0.05, 0) is 0 Å². The largest absolute Gasteiger partial charge is 0.382 e. The summed E-state index contributed by atoms with van der Waals surface area (Å²) in [6.45, 7) is 0. The van der Waals surface area contributed by atoms with Gasteiger partial charge in [-0.2, -0.15) is 0 Å². The Morgan fingerprint density at radius 1 is 1.33 bits per heavy atom. The molecule has 0 saturated heterocycles. The van der Waals surface area contributed by atoms with E-state index in [0.717, 1.165) is 0 Å². The van der Waals surface area contributed by atoms with Gasteiger partial charge in [0.15, 0.2) is 0 Å². The van der Waals surface area contributed by atoms with Crippen molar-refractivity contribution in [2.75, 3.05) is 0 Å². The van der Waals surface area contributed by atoms with Crippen LogP contribution in [-0.2, 0) is 0 Å². The third kappa shape index (κ3) is 1.63. The van der Waals surface area contributed by atoms with Crippen molar-refractivity contribution in [2.24, 2.45) is 5.73 Å². The number of pyridine rings is 1. The van der Waals surface area contributed by atoms with Gasteiger partial charge in [0.2, 0.25) is 0 Å². The summed E-state index contributed by atoms with van der Waals surface area (Å²) < 4.78 is 0. The van der Waals surface area contributed by atoms with Crippen LogP contribution in [0.4, 0.5) is 0 Å². The molecule has 0 aliphatic carbocycles. The van der Waals surface area contributed by atoms with Crippen molar-refractivity contribution < 1.29 is 0 Å². The first-order valence-electron chi connectivity index (χ1n) is 2.88. The highest BCUT2D eigenvalue weighted by molar-refractivity contribution is 6.48. The van der Waals surface area contributed by atoms with Crippen LogP contribution in [0.15, 0.2) is 6.20 Å². The van der Waals surface area contributed by atoms with E-state index < -0.39 is 0 Å². The second-order valence-corrected chi connectivity index (χ2v) is 3.16. The number of nitrogens with zero attached hydrogens (tertiary/aromatic N) is 1. The van der Waals surface area contributed by atoms with Crippen molar-refractivity contribution in [3.63, 3.8) is 0 Å². The molecule has 6 heteroatoms. The minimum absolute atomic E-state index is 0.108. The van der Waals surface area contributed by atoms with Crippen molar-refractivity contribution in [1.82, 2.24) is 4.98 Å². The highest BCUT2D eigenvalue weighted by atomic mass is 35.5. The van der Waals surface area contributed by atoms with E-state index in [4.69, 9.17) is 45.9 Å². The summed E-state index contributed by atoms with van der Waals surface area (Å²) in [5.74, 6) is -0.237. The van der Waals surface area contributed by atoms with Crippen LogP contribution in [0.5, 0.6) is 0 Å². The van der Waals surface area contributed by atoms with Crippen molar-refractivity contribution >= 4 is 40.6 Å². The van der Waals surface area contributed by atoms with Crippen LogP contribution < -0.4 is 5.73 Å². The fraction of sp³-hybridized carbons (Fsp3) is 0. The van der Waals surface area contributed by atoms with Crippen LogP contribution in [0.2, 0.25) is 15.1 Å². The second kappa shape index (κ2) is 3.47. The molecular weight excluding hydrogens is 220 g/mol. The Hall–Kier alpha value is -0.510. The van der Waals surface area contributed by atoms with Gasteiger partial charge in [0.1, 0.15) is 11.5 Å². The maximum absolute atomic E-state index is 7.07. The molecule has 1 heterocycles. The van der Waals surface area contributed by atoms with E-state index in [0.29, 0.717) is 0 Å². The molecule has 0 radical (unpaired) electrons. The number of nitrogens with one attached hydrogen (secondary N) is 1. The fourth-order valence-electron chi connectivity index (χ4n) is 0.631. The summed E-state index contributed by atoms with van der Waals surface area (Å²) in [5, 5.41) is 7.59. The van der Waals surface area contributed by atoms with Crippen molar-refractivity contribution in [2.45, 2.75) is 0 Å². The van der Waals surface area contributed by atoms with E-state index in [9.17, 15) is 0 Å². The molecule has 0 bridgehead atoms. The fourth-order valence-corrected chi connectivity index (χ4v) is 1.21.